The monoisotopic (exact) mass is 163 g/mol. The molecule has 0 aromatic heterocycles. The minimum Gasteiger partial charge on any atom is -0.330 e. The van der Waals surface area contributed by atoms with E-state index in [9.17, 15) is 13.2 Å². The first-order valence-electron chi connectivity index (χ1n) is 2.25. The molecule has 1 nitrogen and oxygen atoms in total. The third-order valence-electron chi connectivity index (χ3n) is 0.912. The molecule has 2 N–H and O–H groups in total. The quantitative estimate of drug-likeness (QED) is 0.624. The van der Waals surface area contributed by atoms with Gasteiger partial charge in [0.2, 0.25) is 0 Å². The zero-order valence-corrected chi connectivity index (χ0v) is 5.72. The third kappa shape index (κ3) is 4.54. The second kappa shape index (κ2) is 3.95. The van der Waals surface area contributed by atoms with Crippen molar-refractivity contribution < 1.29 is 13.2 Å². The van der Waals surface area contributed by atoms with Crippen LogP contribution >= 0.6 is 12.4 Å². The smallest absolute Gasteiger partial charge is 0.330 e. The lowest BCUT2D eigenvalue weighted by Crippen LogP contribution is -2.27. The van der Waals surface area contributed by atoms with Crippen molar-refractivity contribution in [1.29, 1.82) is 0 Å². The molecular formula is C4H9ClF3N. The summed E-state index contributed by atoms with van der Waals surface area (Å²) >= 11 is 0. The number of alkyl halides is 3. The van der Waals surface area contributed by atoms with Crippen molar-refractivity contribution in [3.8, 4) is 0 Å². The Morgan fingerprint density at radius 2 is 1.78 bits per heavy atom. The number of hydrogen-bond acceptors (Lipinski definition) is 1. The van der Waals surface area contributed by atoms with Crippen molar-refractivity contribution in [2.24, 2.45) is 11.7 Å². The standard InChI is InChI=1S/C4H8F3N.ClH/c1-3(2-8)4(5,6)7;/h3H,2,8H2,1H3;1H. The molecule has 5 heteroatoms. The van der Waals surface area contributed by atoms with Gasteiger partial charge < -0.3 is 5.73 Å². The Morgan fingerprint density at radius 1 is 1.44 bits per heavy atom. The van der Waals surface area contributed by atoms with Crippen LogP contribution in [0.3, 0.4) is 0 Å². The molecule has 0 spiro atoms. The van der Waals surface area contributed by atoms with Gasteiger partial charge in [0.25, 0.3) is 0 Å². The lowest BCUT2D eigenvalue weighted by molar-refractivity contribution is -0.166. The normalized spacial score (nSPS) is 14.3. The number of halogens is 4. The van der Waals surface area contributed by atoms with Gasteiger partial charge in [-0.1, -0.05) is 6.92 Å². The molecule has 0 amide bonds. The Kier molecular flexibility index (Phi) is 5.18. The van der Waals surface area contributed by atoms with Gasteiger partial charge in [0.15, 0.2) is 0 Å². The van der Waals surface area contributed by atoms with Gasteiger partial charge in [-0.3, -0.25) is 0 Å². The van der Waals surface area contributed by atoms with E-state index in [-0.39, 0.29) is 19.0 Å². The third-order valence-corrected chi connectivity index (χ3v) is 0.912. The number of nitrogens with two attached hydrogens (primary N) is 1. The molecule has 0 saturated heterocycles. The molecule has 0 aliphatic heterocycles. The molecule has 0 aliphatic rings. The molecule has 58 valence electrons. The molecule has 0 rings (SSSR count). The maximum absolute atomic E-state index is 11.4. The fourth-order valence-corrected chi connectivity index (χ4v) is 0.134. The summed E-state index contributed by atoms with van der Waals surface area (Å²) < 4.78 is 34.1. The van der Waals surface area contributed by atoms with Gasteiger partial charge in [-0.05, 0) is 0 Å². The summed E-state index contributed by atoms with van der Waals surface area (Å²) in [4.78, 5) is 0. The summed E-state index contributed by atoms with van der Waals surface area (Å²) in [6, 6.07) is 0. The summed E-state index contributed by atoms with van der Waals surface area (Å²) in [5, 5.41) is 0. The van der Waals surface area contributed by atoms with E-state index in [2.05, 4.69) is 0 Å². The summed E-state index contributed by atoms with van der Waals surface area (Å²) in [6.45, 7) is 0.726. The van der Waals surface area contributed by atoms with Gasteiger partial charge in [-0.2, -0.15) is 13.2 Å². The molecule has 0 bridgehead atoms. The molecule has 0 fully saturated rings. The van der Waals surface area contributed by atoms with E-state index in [1.807, 2.05) is 0 Å². The largest absolute Gasteiger partial charge is 0.392 e. The Bertz CT molecular complexity index is 72.7. The van der Waals surface area contributed by atoms with E-state index in [4.69, 9.17) is 5.73 Å². The minimum absolute atomic E-state index is 0. The van der Waals surface area contributed by atoms with Crippen LogP contribution in [0.5, 0.6) is 0 Å². The number of rotatable bonds is 1. The van der Waals surface area contributed by atoms with Gasteiger partial charge in [-0.25, -0.2) is 0 Å². The van der Waals surface area contributed by atoms with E-state index in [0.717, 1.165) is 6.92 Å². The van der Waals surface area contributed by atoms with Gasteiger partial charge in [0.05, 0.1) is 5.92 Å². The van der Waals surface area contributed by atoms with Crippen molar-refractivity contribution >= 4 is 12.4 Å². The fraction of sp³-hybridized carbons (Fsp3) is 1.00. The molecule has 0 radical (unpaired) electrons. The lowest BCUT2D eigenvalue weighted by atomic mass is 10.2. The van der Waals surface area contributed by atoms with Crippen molar-refractivity contribution in [1.82, 2.24) is 0 Å². The van der Waals surface area contributed by atoms with Crippen LogP contribution in [0.4, 0.5) is 13.2 Å². The van der Waals surface area contributed by atoms with Crippen LogP contribution in [-0.4, -0.2) is 12.7 Å². The molecule has 9 heavy (non-hydrogen) atoms. The second-order valence-electron chi connectivity index (χ2n) is 1.68. The van der Waals surface area contributed by atoms with Crippen LogP contribution in [0.15, 0.2) is 0 Å². The highest BCUT2D eigenvalue weighted by Gasteiger charge is 2.34. The van der Waals surface area contributed by atoms with Crippen LogP contribution in [0, 0.1) is 5.92 Å². The van der Waals surface area contributed by atoms with Gasteiger partial charge in [-0.15, -0.1) is 12.4 Å². The molecule has 0 aromatic carbocycles. The average Bonchev–Trinajstić information content (AvgIpc) is 1.62. The first kappa shape index (κ1) is 11.8. The average molecular weight is 164 g/mol. The van der Waals surface area contributed by atoms with Crippen LogP contribution in [0.25, 0.3) is 0 Å². The summed E-state index contributed by atoms with van der Waals surface area (Å²) in [6.07, 6.45) is -4.12. The topological polar surface area (TPSA) is 26.0 Å². The van der Waals surface area contributed by atoms with Crippen LogP contribution in [0.2, 0.25) is 0 Å². The van der Waals surface area contributed by atoms with E-state index in [0.29, 0.717) is 0 Å². The van der Waals surface area contributed by atoms with E-state index >= 15 is 0 Å². The molecule has 0 heterocycles. The van der Waals surface area contributed by atoms with E-state index < -0.39 is 12.1 Å². The maximum atomic E-state index is 11.4. The lowest BCUT2D eigenvalue weighted by Gasteiger charge is -2.11. The molecule has 0 saturated carbocycles. The highest BCUT2D eigenvalue weighted by Crippen LogP contribution is 2.23. The van der Waals surface area contributed by atoms with E-state index in [1.165, 1.54) is 0 Å². The van der Waals surface area contributed by atoms with Gasteiger partial charge in [0, 0.05) is 6.54 Å². The highest BCUT2D eigenvalue weighted by molar-refractivity contribution is 5.85. The first-order chi connectivity index (χ1) is 3.48. The van der Waals surface area contributed by atoms with Gasteiger partial charge >= 0.3 is 6.18 Å². The second-order valence-corrected chi connectivity index (χ2v) is 1.68. The molecule has 0 aromatic rings. The summed E-state index contributed by atoms with van der Waals surface area (Å²) in [5.41, 5.74) is 4.74. The molecular weight excluding hydrogens is 154 g/mol. The maximum Gasteiger partial charge on any atom is 0.392 e. The zero-order valence-electron chi connectivity index (χ0n) is 4.90. The Hall–Kier alpha value is 0.0400. The van der Waals surface area contributed by atoms with Crippen LogP contribution in [-0.2, 0) is 0 Å². The molecule has 0 aliphatic carbocycles. The van der Waals surface area contributed by atoms with E-state index in [1.54, 1.807) is 0 Å². The first-order valence-corrected chi connectivity index (χ1v) is 2.25. The highest BCUT2D eigenvalue weighted by atomic mass is 35.5. The fourth-order valence-electron chi connectivity index (χ4n) is 0.134. The summed E-state index contributed by atoms with van der Waals surface area (Å²) in [7, 11) is 0. The van der Waals surface area contributed by atoms with Crippen molar-refractivity contribution in [3.63, 3.8) is 0 Å². The Labute approximate surface area is 57.8 Å². The van der Waals surface area contributed by atoms with Gasteiger partial charge in [0.1, 0.15) is 0 Å². The van der Waals surface area contributed by atoms with Crippen LogP contribution < -0.4 is 5.73 Å². The summed E-state index contributed by atoms with van der Waals surface area (Å²) in [5.74, 6) is -1.37. The van der Waals surface area contributed by atoms with Crippen LogP contribution in [0.1, 0.15) is 6.92 Å². The Balaban J connectivity index is 0. The molecule has 1 unspecified atom stereocenters. The number of hydrogen-bond donors (Lipinski definition) is 1. The predicted molar refractivity (Wildman–Crippen MR) is 31.5 cm³/mol. The zero-order chi connectivity index (χ0) is 6.78. The minimum atomic E-state index is -4.12. The van der Waals surface area contributed by atoms with Crippen molar-refractivity contribution in [2.75, 3.05) is 6.54 Å². The molecule has 1 atom stereocenters. The SMILES string of the molecule is CC(CN)C(F)(F)F.Cl. The predicted octanol–water partition coefficient (Wildman–Crippen LogP) is 1.57. The van der Waals surface area contributed by atoms with Crippen molar-refractivity contribution in [3.05, 3.63) is 0 Å². The Morgan fingerprint density at radius 3 is 1.78 bits per heavy atom. The van der Waals surface area contributed by atoms with Crippen molar-refractivity contribution in [2.45, 2.75) is 13.1 Å².